The lowest BCUT2D eigenvalue weighted by molar-refractivity contribution is -0.317. The zero-order valence-corrected chi connectivity index (χ0v) is 53.7. The van der Waals surface area contributed by atoms with Crippen LogP contribution in [-0.2, 0) is 59.0 Å². The van der Waals surface area contributed by atoms with E-state index in [0.717, 1.165) is 16.3 Å². The molecular weight excluding hydrogens is 1160 g/mol. The average Bonchev–Trinajstić information content (AvgIpc) is 2.52. The number of amides is 1. The number of hydrogen-bond acceptors (Lipinski definition) is 18. The van der Waals surface area contributed by atoms with Gasteiger partial charge in [-0.25, -0.2) is 17.8 Å². The number of halogens is 3. The van der Waals surface area contributed by atoms with Crippen molar-refractivity contribution in [2.75, 3.05) is 40.9 Å². The van der Waals surface area contributed by atoms with E-state index >= 15 is 0 Å². The van der Waals surface area contributed by atoms with Gasteiger partial charge in [0.25, 0.3) is 0 Å². The first-order chi connectivity index (χ1) is 40.6. The van der Waals surface area contributed by atoms with Crippen LogP contribution in [0, 0.1) is 30.6 Å². The van der Waals surface area contributed by atoms with Gasteiger partial charge in [-0.15, -0.1) is 0 Å². The van der Waals surface area contributed by atoms with Gasteiger partial charge >= 0.3 is 12.1 Å². The first-order valence-corrected chi connectivity index (χ1v) is 31.8. The van der Waals surface area contributed by atoms with Crippen molar-refractivity contribution in [1.82, 2.24) is 24.7 Å². The minimum atomic E-state index is -4.72. The van der Waals surface area contributed by atoms with Gasteiger partial charge in [0.1, 0.15) is 24.9 Å². The number of carbonyl (C=O) groups excluding carboxylic acids is 2. The molecule has 2 aromatic carbocycles. The molecule has 21 nitrogen and oxygen atoms in total. The average molecular weight is 1250 g/mol. The number of alkyl halides is 3. The van der Waals surface area contributed by atoms with E-state index in [1.807, 2.05) is 53.6 Å². The first-order valence-electron chi connectivity index (χ1n) is 30.3. The number of ether oxygens (including phenoxy) is 6. The molecule has 3 aliphatic heterocycles. The predicted molar refractivity (Wildman–Crippen MR) is 319 cm³/mol. The van der Waals surface area contributed by atoms with Crippen LogP contribution in [0.2, 0.25) is 0 Å². The maximum absolute atomic E-state index is 14.5. The molecule has 0 bridgehead atoms. The summed E-state index contributed by atoms with van der Waals surface area (Å²) in [4.78, 5) is 35.0. The number of oxime groups is 1. The Morgan fingerprint density at radius 1 is 0.897 bits per heavy atom. The molecule has 25 heteroatoms. The normalized spacial score (nSPS) is 33.9. The maximum atomic E-state index is 14.5. The zero-order chi connectivity index (χ0) is 64.6. The number of benzene rings is 2. The Morgan fingerprint density at radius 3 is 2.14 bits per heavy atom. The van der Waals surface area contributed by atoms with E-state index in [2.05, 4.69) is 20.3 Å². The highest BCUT2D eigenvalue weighted by atomic mass is 32.2. The van der Waals surface area contributed by atoms with Crippen LogP contribution >= 0.6 is 0 Å². The lowest BCUT2D eigenvalue weighted by atomic mass is 9.74. The molecule has 4 heterocycles. The molecule has 6 rings (SSSR count). The van der Waals surface area contributed by atoms with Crippen LogP contribution in [0.15, 0.2) is 64.6 Å². The van der Waals surface area contributed by atoms with Gasteiger partial charge < -0.3 is 63.9 Å². The third-order valence-electron chi connectivity index (χ3n) is 17.4. The summed E-state index contributed by atoms with van der Waals surface area (Å²) in [5.41, 5.74) is -3.21. The van der Waals surface area contributed by atoms with Crippen LogP contribution < -0.4 is 10.0 Å². The van der Waals surface area contributed by atoms with Crippen molar-refractivity contribution in [2.45, 2.75) is 223 Å². The Morgan fingerprint density at radius 2 is 1.53 bits per heavy atom. The van der Waals surface area contributed by atoms with E-state index in [9.17, 15) is 51.6 Å². The van der Waals surface area contributed by atoms with E-state index in [1.54, 1.807) is 65.8 Å². The molecule has 3 aliphatic rings. The standard InChI is InChI=1S/C62H95F3N6O15S/c1-15-49-59(9,76)32-37(3)52(69-81-29-19-17-16-18-28-66-50(72)35-67-87(78,79)45-26-24-44(25-27-45)71-46(31-48(68-71)62(63,64)65)43-22-20-36(2)21-23-43)38(4)33-60(10,77)56(86-58-53(73)47(70(12)13)30-39(5)82-58)40(6)54(41(7)57(75)84-49)85-51-34-61(11,80-14)55(74)42(8)83-51/h20-27,31,37-42,47,49,51,53-56,58,67,73-74,76-77H,15-19,28-30,32-35H2,1-14H3,(H,66,72)/b69-52+/t37-,38-,39-,40+,41-,42+,47+,49-,51?,53-,54+,55+,56-,58+,59+,60-,61-/m1/s1. The van der Waals surface area contributed by atoms with Crippen molar-refractivity contribution in [1.29, 1.82) is 0 Å². The van der Waals surface area contributed by atoms with Gasteiger partial charge in [-0.2, -0.15) is 18.3 Å². The molecule has 6 N–H and O–H groups in total. The Kier molecular flexibility index (Phi) is 24.6. The van der Waals surface area contributed by atoms with Crippen molar-refractivity contribution in [3.05, 3.63) is 65.9 Å². The third-order valence-corrected chi connectivity index (χ3v) is 18.8. The maximum Gasteiger partial charge on any atom is 0.435 e. The van der Waals surface area contributed by atoms with Crippen LogP contribution in [-0.4, -0.2) is 180 Å². The molecule has 0 aliphatic carbocycles. The van der Waals surface area contributed by atoms with Gasteiger partial charge in [0.2, 0.25) is 15.9 Å². The molecular formula is C62H95F3N6O15S. The number of unbranched alkanes of at least 4 members (excludes halogenated alkanes) is 3. The van der Waals surface area contributed by atoms with Crippen LogP contribution in [0.1, 0.15) is 138 Å². The van der Waals surface area contributed by atoms with Crippen molar-refractivity contribution in [2.24, 2.45) is 28.8 Å². The number of cyclic esters (lactones) is 1. The number of aliphatic hydroxyl groups excluding tert-OH is 2. The number of aliphatic hydroxyl groups is 4. The molecule has 490 valence electrons. The number of esters is 1. The number of carbonyl (C=O) groups is 2. The largest absolute Gasteiger partial charge is 0.459 e. The quantitative estimate of drug-likeness (QED) is 0.0343. The molecule has 87 heavy (non-hydrogen) atoms. The fourth-order valence-electron chi connectivity index (χ4n) is 12.4. The number of nitrogens with one attached hydrogen (secondary N) is 2. The lowest BCUT2D eigenvalue weighted by Crippen LogP contribution is -2.60. The monoisotopic (exact) mass is 1250 g/mol. The molecule has 3 aromatic rings. The minimum absolute atomic E-state index is 0.0283. The van der Waals surface area contributed by atoms with Crippen LogP contribution in [0.4, 0.5) is 13.2 Å². The smallest absolute Gasteiger partial charge is 0.435 e. The molecule has 0 radical (unpaired) electrons. The second kappa shape index (κ2) is 30.0. The Balaban J connectivity index is 1.10. The lowest BCUT2D eigenvalue weighted by Gasteiger charge is -2.49. The Bertz CT molecular complexity index is 2860. The van der Waals surface area contributed by atoms with Crippen LogP contribution in [0.3, 0.4) is 0 Å². The Hall–Kier alpha value is -4.64. The van der Waals surface area contributed by atoms with Gasteiger partial charge in [-0.05, 0) is 138 Å². The second-order valence-corrected chi connectivity index (χ2v) is 27.0. The van der Waals surface area contributed by atoms with Gasteiger partial charge in [0.05, 0.1) is 75.7 Å². The fourth-order valence-corrected chi connectivity index (χ4v) is 13.4. The number of nitrogens with zero attached hydrogens (tertiary/aromatic N) is 4. The van der Waals surface area contributed by atoms with Crippen molar-refractivity contribution < 1.29 is 84.9 Å². The molecule has 0 saturated carbocycles. The van der Waals surface area contributed by atoms with Crippen LogP contribution in [0.5, 0.6) is 0 Å². The number of sulfonamides is 1. The summed E-state index contributed by atoms with van der Waals surface area (Å²) < 4.78 is 109. The molecule has 3 saturated heterocycles. The summed E-state index contributed by atoms with van der Waals surface area (Å²) in [6.07, 6.45) is -9.87. The van der Waals surface area contributed by atoms with E-state index in [4.69, 9.17) is 33.3 Å². The van der Waals surface area contributed by atoms with E-state index < -0.39 is 130 Å². The summed E-state index contributed by atoms with van der Waals surface area (Å²) in [6.45, 7) is 19.4. The molecule has 1 unspecified atom stereocenters. The Labute approximate surface area is 511 Å². The number of methoxy groups -OCH3 is 1. The zero-order valence-electron chi connectivity index (χ0n) is 52.9. The number of aryl methyl sites for hydroxylation is 1. The molecule has 1 amide bonds. The second-order valence-electron chi connectivity index (χ2n) is 25.2. The fraction of sp³-hybridized carbons (Fsp3) is 0.710. The van der Waals surface area contributed by atoms with E-state index in [0.29, 0.717) is 43.4 Å². The molecule has 3 fully saturated rings. The van der Waals surface area contributed by atoms with Gasteiger partial charge in [-0.3, -0.25) is 9.59 Å². The number of hydrogen-bond donors (Lipinski definition) is 6. The van der Waals surface area contributed by atoms with Gasteiger partial charge in [-0.1, -0.05) is 69.1 Å². The van der Waals surface area contributed by atoms with Crippen molar-refractivity contribution in [3.8, 4) is 16.9 Å². The highest BCUT2D eigenvalue weighted by Gasteiger charge is 2.52. The summed E-state index contributed by atoms with van der Waals surface area (Å²) in [6, 6.07) is 12.6. The van der Waals surface area contributed by atoms with Crippen molar-refractivity contribution in [3.63, 3.8) is 0 Å². The third kappa shape index (κ3) is 18.3. The van der Waals surface area contributed by atoms with Crippen LogP contribution in [0.25, 0.3) is 16.9 Å². The van der Waals surface area contributed by atoms with Crippen molar-refractivity contribution >= 4 is 27.6 Å². The summed E-state index contributed by atoms with van der Waals surface area (Å²) in [5.74, 6) is -4.11. The molecule has 17 atom stereocenters. The van der Waals surface area contributed by atoms with Gasteiger partial charge in [0.15, 0.2) is 18.3 Å². The summed E-state index contributed by atoms with van der Waals surface area (Å²) in [5, 5.41) is 59.2. The number of aromatic nitrogens is 2. The van der Waals surface area contributed by atoms with E-state index in [1.165, 1.54) is 31.4 Å². The number of likely N-dealkylation sites (N-methyl/N-ethyl adjacent to an activating group) is 1. The highest BCUT2D eigenvalue weighted by Crippen LogP contribution is 2.42. The number of rotatable bonds is 21. The summed E-state index contributed by atoms with van der Waals surface area (Å²) >= 11 is 0. The highest BCUT2D eigenvalue weighted by molar-refractivity contribution is 7.89. The minimum Gasteiger partial charge on any atom is -0.459 e. The molecule has 1 aromatic heterocycles. The van der Waals surface area contributed by atoms with Gasteiger partial charge in [0, 0.05) is 49.4 Å². The molecule has 0 spiro atoms. The SMILES string of the molecule is CC[C@H]1OC(=O)[C@H](C)[C@@H](OC2C[C@@](C)(OC)[C@@H](O)[C@H](C)O2)[C@H](C)[C@@H](O[C@@H]2O[C@H](C)C[C@H](N(C)C)[C@H]2O)[C@](C)(O)C[C@@H](C)/C(=N/OCCCCCCNC(=O)CNS(=O)(=O)c2ccc(-n3nc(C(F)(F)F)cc3-c3ccc(C)cc3)cc2)[C@H](C)C[C@]1(C)O. The topological polar surface area (TPSA) is 271 Å². The summed E-state index contributed by atoms with van der Waals surface area (Å²) in [7, 11) is 1.01. The first kappa shape index (κ1) is 71.4. The van der Waals surface area contributed by atoms with E-state index in [-0.39, 0.29) is 67.3 Å². The predicted octanol–water partition coefficient (Wildman–Crippen LogP) is 7.45.